The maximum atomic E-state index is 11.5. The van der Waals surface area contributed by atoms with E-state index in [1.807, 2.05) is 24.3 Å². The molecule has 11 heteroatoms. The maximum Gasteiger partial charge on any atom is 0.352 e. The number of carboxylic acid groups (broad SMARTS) is 2. The van der Waals surface area contributed by atoms with Crippen LogP contribution in [0.2, 0.25) is 10.0 Å². The van der Waals surface area contributed by atoms with Gasteiger partial charge in [-0.25, -0.2) is 19.4 Å². The molecule has 2 aromatic carbocycles. The number of benzene rings is 2. The second kappa shape index (κ2) is 11.4. The third-order valence-electron chi connectivity index (χ3n) is 5.28. The van der Waals surface area contributed by atoms with Gasteiger partial charge in [0.05, 0.1) is 10.7 Å². The standard InChI is InChI=1S/C12H10Cl2N2O4.C12H18N2O/c1-12(11(19)20)5-8(10(17)18)15-16(12)9-3-2-6(13)4-7(9)14;1-9(2)10-5-7-11(8-6-10)13-12(15)14(3)4/h2-4H,5H2,1H3,(H,17,18)(H,19,20);5-9H,1-4H3,(H,13,15). The summed E-state index contributed by atoms with van der Waals surface area (Å²) in [4.78, 5) is 35.4. The van der Waals surface area contributed by atoms with Crippen LogP contribution in [-0.4, -0.2) is 58.4 Å². The van der Waals surface area contributed by atoms with Crippen molar-refractivity contribution in [2.75, 3.05) is 24.4 Å². The second-order valence-corrected chi connectivity index (χ2v) is 9.46. The van der Waals surface area contributed by atoms with Crippen molar-refractivity contribution in [3.63, 3.8) is 0 Å². The fourth-order valence-electron chi connectivity index (χ4n) is 3.11. The van der Waals surface area contributed by atoms with Gasteiger partial charge >= 0.3 is 18.0 Å². The molecule has 0 radical (unpaired) electrons. The number of hydrogen-bond acceptors (Lipinski definition) is 5. The third-order valence-corrected chi connectivity index (χ3v) is 5.82. The minimum Gasteiger partial charge on any atom is -0.479 e. The average Bonchev–Trinajstić information content (AvgIpc) is 3.13. The van der Waals surface area contributed by atoms with E-state index >= 15 is 0 Å². The molecule has 3 N–H and O–H groups in total. The van der Waals surface area contributed by atoms with Crippen molar-refractivity contribution in [2.24, 2.45) is 5.10 Å². The van der Waals surface area contributed by atoms with Gasteiger partial charge in [-0.3, -0.25) is 0 Å². The Labute approximate surface area is 213 Å². The molecule has 0 saturated heterocycles. The van der Waals surface area contributed by atoms with Gasteiger partial charge < -0.3 is 20.4 Å². The minimum absolute atomic E-state index is 0.104. The molecule has 1 aliphatic heterocycles. The molecule has 35 heavy (non-hydrogen) atoms. The molecule has 0 saturated carbocycles. The Morgan fingerprint density at radius 3 is 2.14 bits per heavy atom. The number of halogens is 2. The fourth-order valence-corrected chi connectivity index (χ4v) is 3.60. The van der Waals surface area contributed by atoms with Gasteiger partial charge in [0, 0.05) is 31.2 Å². The Kier molecular flexibility index (Phi) is 9.12. The summed E-state index contributed by atoms with van der Waals surface area (Å²) in [5.41, 5.74) is 0.652. The van der Waals surface area contributed by atoms with Crippen molar-refractivity contribution < 1.29 is 24.6 Å². The zero-order chi connectivity index (χ0) is 26.5. The van der Waals surface area contributed by atoms with Crippen LogP contribution in [0.25, 0.3) is 0 Å². The summed E-state index contributed by atoms with van der Waals surface area (Å²) in [6, 6.07) is 12.3. The number of hydrazone groups is 1. The highest BCUT2D eigenvalue weighted by molar-refractivity contribution is 6.38. The summed E-state index contributed by atoms with van der Waals surface area (Å²) < 4.78 is 0. The molecule has 0 bridgehead atoms. The van der Waals surface area contributed by atoms with E-state index < -0.39 is 17.5 Å². The van der Waals surface area contributed by atoms with Crippen molar-refractivity contribution in [1.29, 1.82) is 0 Å². The van der Waals surface area contributed by atoms with Crippen LogP contribution in [0.3, 0.4) is 0 Å². The molecular weight excluding hydrogens is 495 g/mol. The molecule has 0 aliphatic carbocycles. The molecule has 0 spiro atoms. The SMILES string of the molecule is CC(C)c1ccc(NC(=O)N(C)C)cc1.CC1(C(=O)O)CC(C(=O)O)=NN1c1ccc(Cl)cc1Cl. The first-order chi connectivity index (χ1) is 16.3. The normalized spacial score (nSPS) is 16.8. The van der Waals surface area contributed by atoms with Crippen LogP contribution >= 0.6 is 23.2 Å². The molecule has 1 atom stereocenters. The van der Waals surface area contributed by atoms with Gasteiger partial charge in [-0.1, -0.05) is 49.2 Å². The largest absolute Gasteiger partial charge is 0.479 e. The van der Waals surface area contributed by atoms with Gasteiger partial charge in [-0.05, 0) is 48.7 Å². The highest BCUT2D eigenvalue weighted by Gasteiger charge is 2.48. The number of carbonyl (C=O) groups excluding carboxylic acids is 1. The van der Waals surface area contributed by atoms with E-state index in [1.54, 1.807) is 14.1 Å². The topological polar surface area (TPSA) is 123 Å². The maximum absolute atomic E-state index is 11.5. The van der Waals surface area contributed by atoms with Crippen molar-refractivity contribution >= 4 is 58.3 Å². The number of anilines is 2. The van der Waals surface area contributed by atoms with E-state index in [0.717, 1.165) is 10.7 Å². The summed E-state index contributed by atoms with van der Waals surface area (Å²) in [7, 11) is 3.44. The summed E-state index contributed by atoms with van der Waals surface area (Å²) >= 11 is 11.8. The van der Waals surface area contributed by atoms with Gasteiger partial charge in [0.1, 0.15) is 5.71 Å². The average molecular weight is 523 g/mol. The van der Waals surface area contributed by atoms with Crippen LogP contribution in [0.1, 0.15) is 38.7 Å². The predicted molar refractivity (Wildman–Crippen MR) is 138 cm³/mol. The van der Waals surface area contributed by atoms with Crippen molar-refractivity contribution in [1.82, 2.24) is 4.90 Å². The lowest BCUT2D eigenvalue weighted by atomic mass is 9.95. The first kappa shape index (κ1) is 27.9. The van der Waals surface area contributed by atoms with E-state index in [4.69, 9.17) is 28.3 Å². The lowest BCUT2D eigenvalue weighted by Crippen LogP contribution is -2.47. The first-order valence-electron chi connectivity index (χ1n) is 10.6. The van der Waals surface area contributed by atoms with Crippen molar-refractivity contribution in [3.05, 3.63) is 58.1 Å². The Hall–Kier alpha value is -3.30. The van der Waals surface area contributed by atoms with E-state index in [-0.39, 0.29) is 28.9 Å². The minimum atomic E-state index is -1.51. The molecule has 0 fully saturated rings. The molecule has 1 aliphatic rings. The number of hydrogen-bond donors (Lipinski definition) is 3. The van der Waals surface area contributed by atoms with Crippen LogP contribution in [0, 0.1) is 0 Å². The van der Waals surface area contributed by atoms with Crippen molar-refractivity contribution in [2.45, 2.75) is 38.6 Å². The third kappa shape index (κ3) is 6.86. The Morgan fingerprint density at radius 2 is 1.69 bits per heavy atom. The number of carboxylic acids is 2. The van der Waals surface area contributed by atoms with Gasteiger partial charge in [-0.2, -0.15) is 5.10 Å². The van der Waals surface area contributed by atoms with Gasteiger partial charge in [0.15, 0.2) is 5.54 Å². The zero-order valence-corrected chi connectivity index (χ0v) is 21.6. The summed E-state index contributed by atoms with van der Waals surface area (Å²) in [5, 5.41) is 26.7. The fraction of sp³-hybridized carbons (Fsp3) is 0.333. The zero-order valence-electron chi connectivity index (χ0n) is 20.0. The number of carbonyl (C=O) groups is 3. The molecule has 188 valence electrons. The van der Waals surface area contributed by atoms with E-state index in [9.17, 15) is 19.5 Å². The smallest absolute Gasteiger partial charge is 0.352 e. The quantitative estimate of drug-likeness (QED) is 0.483. The number of nitrogens with zero attached hydrogens (tertiary/aromatic N) is 3. The van der Waals surface area contributed by atoms with Crippen LogP contribution in [-0.2, 0) is 9.59 Å². The summed E-state index contributed by atoms with van der Waals surface area (Å²) in [5.74, 6) is -1.93. The molecule has 9 nitrogen and oxygen atoms in total. The number of rotatable bonds is 5. The Bertz CT molecular complexity index is 1140. The number of nitrogens with one attached hydrogen (secondary N) is 1. The van der Waals surface area contributed by atoms with Crippen LogP contribution in [0.15, 0.2) is 47.6 Å². The van der Waals surface area contributed by atoms with Gasteiger partial charge in [0.25, 0.3) is 0 Å². The molecule has 2 aromatic rings. The van der Waals surface area contributed by atoms with Gasteiger partial charge in [0.2, 0.25) is 0 Å². The van der Waals surface area contributed by atoms with Crippen LogP contribution < -0.4 is 10.3 Å². The second-order valence-electron chi connectivity index (χ2n) is 8.62. The molecule has 3 rings (SSSR count). The molecule has 1 unspecified atom stereocenters. The summed E-state index contributed by atoms with van der Waals surface area (Å²) in [6.45, 7) is 5.68. The highest BCUT2D eigenvalue weighted by atomic mass is 35.5. The molecule has 1 heterocycles. The number of amides is 2. The van der Waals surface area contributed by atoms with Crippen molar-refractivity contribution in [3.8, 4) is 0 Å². The molecular formula is C24H28Cl2N4O5. The van der Waals surface area contributed by atoms with E-state index in [0.29, 0.717) is 10.9 Å². The molecule has 0 aromatic heterocycles. The lowest BCUT2D eigenvalue weighted by molar-refractivity contribution is -0.142. The number of aliphatic carboxylic acids is 2. The predicted octanol–water partition coefficient (Wildman–Crippen LogP) is 5.39. The van der Waals surface area contributed by atoms with Crippen LogP contribution in [0.5, 0.6) is 0 Å². The van der Waals surface area contributed by atoms with E-state index in [1.165, 1.54) is 35.6 Å². The number of urea groups is 1. The first-order valence-corrected chi connectivity index (χ1v) is 11.4. The molecule has 2 amide bonds. The Morgan fingerprint density at radius 1 is 1.09 bits per heavy atom. The van der Waals surface area contributed by atoms with E-state index in [2.05, 4.69) is 24.3 Å². The monoisotopic (exact) mass is 522 g/mol. The summed E-state index contributed by atoms with van der Waals surface area (Å²) in [6.07, 6.45) is -0.226. The Balaban J connectivity index is 0.000000258. The lowest BCUT2D eigenvalue weighted by Gasteiger charge is -2.30. The van der Waals surface area contributed by atoms with Gasteiger partial charge in [-0.15, -0.1) is 0 Å². The van der Waals surface area contributed by atoms with Crippen LogP contribution in [0.4, 0.5) is 16.2 Å². The highest BCUT2D eigenvalue weighted by Crippen LogP contribution is 2.38.